The number of nitrogens with zero attached hydrogens (tertiary/aromatic N) is 1. The van der Waals surface area contributed by atoms with Crippen LogP contribution in [0.25, 0.3) is 22.4 Å². The van der Waals surface area contributed by atoms with Crippen LogP contribution < -0.4 is 4.74 Å². The molecule has 0 aliphatic rings. The minimum atomic E-state index is -2.58. The van der Waals surface area contributed by atoms with Gasteiger partial charge in [0.2, 0.25) is 0 Å². The van der Waals surface area contributed by atoms with E-state index < -0.39 is 31.1 Å². The molecule has 0 amide bonds. The standard InChI is InChI=1S/C27H30FNO5P/c1-6-27(18(4)30,35(32)33-5)26(31)34-25-22(19-12-14-21(28)15-13-19)16-23(29-24(25)17(2)3)20-10-8-7-9-11-20/h7-18,30H,6H2,1-5H3/q+1. The summed E-state index contributed by atoms with van der Waals surface area (Å²) in [4.78, 5) is 18.3. The van der Waals surface area contributed by atoms with Gasteiger partial charge in [0, 0.05) is 17.5 Å². The summed E-state index contributed by atoms with van der Waals surface area (Å²) in [5, 5.41) is 8.71. The average Bonchev–Trinajstić information content (AvgIpc) is 2.85. The summed E-state index contributed by atoms with van der Waals surface area (Å²) in [7, 11) is -1.36. The molecule has 0 aliphatic heterocycles. The second-order valence-corrected chi connectivity index (χ2v) is 10.3. The highest BCUT2D eigenvalue weighted by Crippen LogP contribution is 2.47. The van der Waals surface area contributed by atoms with Gasteiger partial charge in [-0.15, -0.1) is 4.52 Å². The first-order valence-corrected chi connectivity index (χ1v) is 12.6. The lowest BCUT2D eigenvalue weighted by Crippen LogP contribution is -2.47. The summed E-state index contributed by atoms with van der Waals surface area (Å²) in [6.45, 7) is 6.86. The van der Waals surface area contributed by atoms with Crippen LogP contribution in [-0.2, 0) is 13.9 Å². The number of esters is 1. The van der Waals surface area contributed by atoms with E-state index in [9.17, 15) is 18.9 Å². The van der Waals surface area contributed by atoms with Crippen molar-refractivity contribution in [2.24, 2.45) is 0 Å². The Labute approximate surface area is 206 Å². The molecule has 0 bridgehead atoms. The van der Waals surface area contributed by atoms with Gasteiger partial charge in [-0.25, -0.2) is 14.2 Å². The molecule has 6 nitrogen and oxygen atoms in total. The Morgan fingerprint density at radius 3 is 2.23 bits per heavy atom. The molecule has 0 radical (unpaired) electrons. The number of carbonyl (C=O) groups is 1. The van der Waals surface area contributed by atoms with Crippen molar-refractivity contribution < 1.29 is 28.1 Å². The van der Waals surface area contributed by atoms with Crippen LogP contribution in [0.2, 0.25) is 0 Å². The van der Waals surface area contributed by atoms with Crippen molar-refractivity contribution in [3.63, 3.8) is 0 Å². The molecular formula is C27H30FNO5P+. The second kappa shape index (κ2) is 11.2. The van der Waals surface area contributed by atoms with Gasteiger partial charge < -0.3 is 9.84 Å². The third kappa shape index (κ3) is 5.32. The second-order valence-electron chi connectivity index (χ2n) is 8.58. The van der Waals surface area contributed by atoms with Gasteiger partial charge in [0.1, 0.15) is 11.9 Å². The number of hydrogen-bond acceptors (Lipinski definition) is 6. The summed E-state index contributed by atoms with van der Waals surface area (Å²) in [6, 6.07) is 17.2. The summed E-state index contributed by atoms with van der Waals surface area (Å²) in [5.41, 5.74) is 3.17. The molecule has 3 atom stereocenters. The smallest absolute Gasteiger partial charge is 0.420 e. The fraction of sp³-hybridized carbons (Fsp3) is 0.333. The molecule has 184 valence electrons. The molecule has 8 heteroatoms. The van der Waals surface area contributed by atoms with Crippen molar-refractivity contribution in [1.29, 1.82) is 0 Å². The molecule has 2 aromatic carbocycles. The predicted molar refractivity (Wildman–Crippen MR) is 134 cm³/mol. The van der Waals surface area contributed by atoms with Gasteiger partial charge in [-0.05, 0) is 41.2 Å². The predicted octanol–water partition coefficient (Wildman–Crippen LogP) is 6.50. The number of aliphatic hydroxyl groups is 1. The van der Waals surface area contributed by atoms with Crippen LogP contribution >= 0.6 is 8.03 Å². The molecule has 1 N–H and O–H groups in total. The normalized spacial score (nSPS) is 14.3. The first kappa shape index (κ1) is 26.6. The maximum atomic E-state index is 13.7. The highest BCUT2D eigenvalue weighted by molar-refractivity contribution is 7.42. The van der Waals surface area contributed by atoms with E-state index in [0.29, 0.717) is 22.5 Å². The number of carbonyl (C=O) groups excluding carboxylic acids is 1. The molecule has 0 saturated carbocycles. The van der Waals surface area contributed by atoms with Gasteiger partial charge in [-0.2, -0.15) is 0 Å². The Bertz CT molecular complexity index is 1200. The molecule has 1 heterocycles. The molecule has 1 aromatic heterocycles. The van der Waals surface area contributed by atoms with Crippen LogP contribution in [0.5, 0.6) is 5.75 Å². The topological polar surface area (TPSA) is 85.7 Å². The molecule has 0 fully saturated rings. The summed E-state index contributed by atoms with van der Waals surface area (Å²) >= 11 is 0. The van der Waals surface area contributed by atoms with E-state index in [-0.39, 0.29) is 18.1 Å². The van der Waals surface area contributed by atoms with E-state index in [4.69, 9.17) is 14.2 Å². The zero-order valence-electron chi connectivity index (χ0n) is 20.5. The molecule has 35 heavy (non-hydrogen) atoms. The number of hydrogen-bond donors (Lipinski definition) is 1. The quantitative estimate of drug-likeness (QED) is 0.268. The number of pyridine rings is 1. The Morgan fingerprint density at radius 1 is 1.09 bits per heavy atom. The summed E-state index contributed by atoms with van der Waals surface area (Å²) in [5.74, 6) is -1.25. The third-order valence-corrected chi connectivity index (χ3v) is 7.90. The maximum Gasteiger partial charge on any atom is 0.529 e. The first-order valence-electron chi connectivity index (χ1n) is 11.4. The lowest BCUT2D eigenvalue weighted by molar-refractivity contribution is -0.140. The van der Waals surface area contributed by atoms with E-state index in [2.05, 4.69) is 0 Å². The van der Waals surface area contributed by atoms with Crippen molar-refractivity contribution in [3.05, 3.63) is 72.2 Å². The molecule has 3 aromatic rings. The molecular weight excluding hydrogens is 468 g/mol. The third-order valence-electron chi connectivity index (χ3n) is 6.04. The van der Waals surface area contributed by atoms with Crippen LogP contribution in [0, 0.1) is 5.82 Å². The average molecular weight is 499 g/mol. The van der Waals surface area contributed by atoms with Crippen molar-refractivity contribution >= 4 is 14.0 Å². The summed E-state index contributed by atoms with van der Waals surface area (Å²) in [6.07, 6.45) is -1.26. The lowest BCUT2D eigenvalue weighted by Gasteiger charge is -2.24. The van der Waals surface area contributed by atoms with Gasteiger partial charge in [0.25, 0.3) is 0 Å². The van der Waals surface area contributed by atoms with Crippen LogP contribution in [0.15, 0.2) is 60.7 Å². The number of benzene rings is 2. The van der Waals surface area contributed by atoms with E-state index in [0.717, 1.165) is 5.56 Å². The number of halogens is 1. The van der Waals surface area contributed by atoms with Crippen LogP contribution in [0.3, 0.4) is 0 Å². The Balaban J connectivity index is 2.27. The Morgan fingerprint density at radius 2 is 1.71 bits per heavy atom. The van der Waals surface area contributed by atoms with Gasteiger partial charge in [-0.3, -0.25) is 0 Å². The molecule has 0 aliphatic carbocycles. The van der Waals surface area contributed by atoms with Crippen molar-refractivity contribution in [1.82, 2.24) is 4.98 Å². The van der Waals surface area contributed by atoms with Crippen LogP contribution in [0.4, 0.5) is 4.39 Å². The Kier molecular flexibility index (Phi) is 8.49. The van der Waals surface area contributed by atoms with Gasteiger partial charge in [-0.1, -0.05) is 63.2 Å². The summed E-state index contributed by atoms with van der Waals surface area (Å²) < 4.78 is 37.4. The number of rotatable bonds is 9. The van der Waals surface area contributed by atoms with Gasteiger partial charge in [0.05, 0.1) is 18.5 Å². The molecule has 0 spiro atoms. The zero-order chi connectivity index (χ0) is 25.8. The highest BCUT2D eigenvalue weighted by Gasteiger charge is 2.62. The lowest BCUT2D eigenvalue weighted by atomic mass is 9.96. The SMILES string of the molecule is CCC(C(=O)Oc1c(-c2ccc(F)cc2)cc(-c2ccccc2)nc1C(C)C)(C(C)O)[P+](=O)OC. The van der Waals surface area contributed by atoms with Gasteiger partial charge >= 0.3 is 19.2 Å². The first-order chi connectivity index (χ1) is 16.6. The fourth-order valence-electron chi connectivity index (χ4n) is 3.96. The zero-order valence-corrected chi connectivity index (χ0v) is 21.4. The van der Waals surface area contributed by atoms with Gasteiger partial charge in [0.15, 0.2) is 5.75 Å². The van der Waals surface area contributed by atoms with Crippen LogP contribution in [-0.4, -0.2) is 34.4 Å². The molecule has 0 saturated heterocycles. The van der Waals surface area contributed by atoms with E-state index in [1.54, 1.807) is 25.1 Å². The monoisotopic (exact) mass is 498 g/mol. The minimum absolute atomic E-state index is 0.0327. The van der Waals surface area contributed by atoms with E-state index >= 15 is 0 Å². The fourth-order valence-corrected chi connectivity index (χ4v) is 5.05. The van der Waals surface area contributed by atoms with Crippen molar-refractivity contribution in [2.75, 3.05) is 7.11 Å². The maximum absolute atomic E-state index is 13.7. The van der Waals surface area contributed by atoms with Crippen LogP contribution in [0.1, 0.15) is 45.7 Å². The Hall–Kier alpha value is -2.99. The largest absolute Gasteiger partial charge is 0.529 e. The molecule has 3 rings (SSSR count). The minimum Gasteiger partial charge on any atom is -0.420 e. The van der Waals surface area contributed by atoms with E-state index in [1.807, 2.05) is 44.2 Å². The number of aliphatic hydroxyl groups excluding tert-OH is 1. The van der Waals surface area contributed by atoms with Crippen molar-refractivity contribution in [2.45, 2.75) is 51.3 Å². The molecule has 3 unspecified atom stereocenters. The number of ether oxygens (including phenoxy) is 1. The number of aromatic nitrogens is 1. The van der Waals surface area contributed by atoms with Crippen molar-refractivity contribution in [3.8, 4) is 28.1 Å². The van der Waals surface area contributed by atoms with E-state index in [1.165, 1.54) is 26.2 Å². The highest BCUT2D eigenvalue weighted by atomic mass is 31.1.